The number of hydrogen-bond donors (Lipinski definition) is 1. The molecule has 2 aromatic heterocycles. The Labute approximate surface area is 232 Å². The van der Waals surface area contributed by atoms with Crippen LogP contribution in [0.2, 0.25) is 5.02 Å². The fourth-order valence-corrected chi connectivity index (χ4v) is 6.85. The van der Waals surface area contributed by atoms with Crippen molar-refractivity contribution in [1.82, 2.24) is 19.1 Å². The largest absolute Gasteiger partial charge is 0.306 e. The van der Waals surface area contributed by atoms with Crippen LogP contribution in [0, 0.1) is 13.8 Å². The maximum atomic E-state index is 13.2. The van der Waals surface area contributed by atoms with Gasteiger partial charge in [-0.25, -0.2) is 13.4 Å². The van der Waals surface area contributed by atoms with Crippen LogP contribution in [-0.2, 0) is 10.0 Å². The number of nitrogens with one attached hydrogen (secondary N) is 1. The van der Waals surface area contributed by atoms with Crippen LogP contribution in [0.4, 0.5) is 5.82 Å². The van der Waals surface area contributed by atoms with E-state index in [9.17, 15) is 13.2 Å². The molecule has 0 spiro atoms. The van der Waals surface area contributed by atoms with E-state index in [0.717, 1.165) is 41.5 Å². The Morgan fingerprint density at radius 2 is 1.71 bits per heavy atom. The van der Waals surface area contributed by atoms with Gasteiger partial charge < -0.3 is 5.32 Å². The number of fused-ring (bicyclic) bond motifs is 1. The van der Waals surface area contributed by atoms with Crippen LogP contribution in [0.1, 0.15) is 61.1 Å². The number of benzene rings is 2. The molecule has 4 rings (SSSR count). The van der Waals surface area contributed by atoms with Crippen molar-refractivity contribution in [2.75, 3.05) is 18.4 Å². The second-order valence-electron chi connectivity index (χ2n) is 9.21. The zero-order valence-electron chi connectivity index (χ0n) is 22.0. The Morgan fingerprint density at radius 3 is 2.32 bits per heavy atom. The summed E-state index contributed by atoms with van der Waals surface area (Å²) in [5.74, 6) is 0.0848. The minimum Gasteiger partial charge on any atom is -0.306 e. The normalized spacial score (nSPS) is 11.9. The Bertz CT molecular complexity index is 1500. The minimum absolute atomic E-state index is 0.184. The second-order valence-corrected chi connectivity index (χ2v) is 12.5. The molecule has 0 saturated carbocycles. The molecule has 1 amide bonds. The van der Waals surface area contributed by atoms with Gasteiger partial charge in [0, 0.05) is 24.7 Å². The standard InChI is InChI=1S/C27H32ClN5O3S2/c1-5-7-15-32(16-8-6-2)38(35,36)21-12-10-20(11-13-21)26(34)29-23-17-19(4)31-33(23)27-30-24-18(3)9-14-22(28)25(24)37-27/h9-14,17H,5-8,15-16H2,1-4H3,(H,29,34). The van der Waals surface area contributed by atoms with Crippen molar-refractivity contribution in [3.8, 4) is 5.13 Å². The van der Waals surface area contributed by atoms with E-state index in [1.54, 1.807) is 15.1 Å². The highest BCUT2D eigenvalue weighted by Crippen LogP contribution is 2.34. The summed E-state index contributed by atoms with van der Waals surface area (Å²) in [4.78, 5) is 18.0. The number of carbonyl (C=O) groups excluding carboxylic acids is 1. The molecule has 38 heavy (non-hydrogen) atoms. The second kappa shape index (κ2) is 11.9. The lowest BCUT2D eigenvalue weighted by molar-refractivity contribution is 0.102. The number of aromatic nitrogens is 3. The number of aryl methyl sites for hydroxylation is 2. The number of hydrogen-bond acceptors (Lipinski definition) is 6. The summed E-state index contributed by atoms with van der Waals surface area (Å²) >= 11 is 7.77. The summed E-state index contributed by atoms with van der Waals surface area (Å²) < 4.78 is 30.5. The van der Waals surface area contributed by atoms with Gasteiger partial charge in [-0.3, -0.25) is 4.79 Å². The van der Waals surface area contributed by atoms with E-state index in [1.165, 1.54) is 35.6 Å². The van der Waals surface area contributed by atoms with Crippen molar-refractivity contribution in [3.05, 3.63) is 64.3 Å². The number of carbonyl (C=O) groups is 1. The summed E-state index contributed by atoms with van der Waals surface area (Å²) in [5, 5.41) is 8.61. The number of halogens is 1. The van der Waals surface area contributed by atoms with Crippen LogP contribution >= 0.6 is 22.9 Å². The van der Waals surface area contributed by atoms with Gasteiger partial charge >= 0.3 is 0 Å². The van der Waals surface area contributed by atoms with Crippen molar-refractivity contribution < 1.29 is 13.2 Å². The highest BCUT2D eigenvalue weighted by Gasteiger charge is 2.24. The summed E-state index contributed by atoms with van der Waals surface area (Å²) in [6.07, 6.45) is 3.43. The molecule has 0 radical (unpaired) electrons. The molecule has 0 aliphatic rings. The van der Waals surface area contributed by atoms with Crippen LogP contribution in [0.3, 0.4) is 0 Å². The summed E-state index contributed by atoms with van der Waals surface area (Å²) in [6, 6.07) is 11.6. The number of rotatable bonds is 11. The van der Waals surface area contributed by atoms with Gasteiger partial charge in [0.05, 0.1) is 25.8 Å². The van der Waals surface area contributed by atoms with Crippen LogP contribution < -0.4 is 5.32 Å². The van der Waals surface area contributed by atoms with Gasteiger partial charge in [0.1, 0.15) is 5.82 Å². The first kappa shape index (κ1) is 28.2. The van der Waals surface area contributed by atoms with E-state index in [-0.39, 0.29) is 10.8 Å². The number of sulfonamides is 1. The molecule has 4 aromatic rings. The SMILES string of the molecule is CCCCN(CCCC)S(=O)(=O)c1ccc(C(=O)Nc2cc(C)nn2-c2nc3c(C)ccc(Cl)c3s2)cc1. The van der Waals surface area contributed by atoms with Gasteiger partial charge in [-0.15, -0.1) is 0 Å². The molecule has 2 aromatic carbocycles. The predicted molar refractivity (Wildman–Crippen MR) is 154 cm³/mol. The molecule has 2 heterocycles. The first-order chi connectivity index (χ1) is 18.1. The zero-order valence-corrected chi connectivity index (χ0v) is 24.4. The molecular formula is C27H32ClN5O3S2. The highest BCUT2D eigenvalue weighted by atomic mass is 35.5. The number of unbranched alkanes of at least 4 members (excludes halogenated alkanes) is 2. The Morgan fingerprint density at radius 1 is 1.05 bits per heavy atom. The topological polar surface area (TPSA) is 97.2 Å². The summed E-state index contributed by atoms with van der Waals surface area (Å²) in [6.45, 7) is 8.86. The van der Waals surface area contributed by atoms with E-state index in [4.69, 9.17) is 16.6 Å². The lowest BCUT2D eigenvalue weighted by Crippen LogP contribution is -2.33. The van der Waals surface area contributed by atoms with E-state index < -0.39 is 10.0 Å². The third-order valence-corrected chi connectivity index (χ3v) is 9.62. The van der Waals surface area contributed by atoms with Gasteiger partial charge in [-0.05, 0) is 62.6 Å². The Hall–Kier alpha value is -2.79. The van der Waals surface area contributed by atoms with Crippen molar-refractivity contribution in [1.29, 1.82) is 0 Å². The predicted octanol–water partition coefficient (Wildman–Crippen LogP) is 6.60. The Balaban J connectivity index is 1.56. The van der Waals surface area contributed by atoms with E-state index in [1.807, 2.05) is 39.8 Å². The first-order valence-electron chi connectivity index (χ1n) is 12.7. The zero-order chi connectivity index (χ0) is 27.4. The Kier molecular flexibility index (Phi) is 8.87. The van der Waals surface area contributed by atoms with E-state index >= 15 is 0 Å². The average molecular weight is 574 g/mol. The molecule has 0 saturated heterocycles. The number of thiazole rings is 1. The average Bonchev–Trinajstić information content (AvgIpc) is 3.50. The molecular weight excluding hydrogens is 542 g/mol. The molecule has 0 fully saturated rings. The van der Waals surface area contributed by atoms with E-state index in [0.29, 0.717) is 40.3 Å². The monoisotopic (exact) mass is 573 g/mol. The first-order valence-corrected chi connectivity index (χ1v) is 15.3. The molecule has 1 N–H and O–H groups in total. The summed E-state index contributed by atoms with van der Waals surface area (Å²) in [7, 11) is -3.64. The molecule has 0 unspecified atom stereocenters. The summed E-state index contributed by atoms with van der Waals surface area (Å²) in [5.41, 5.74) is 2.85. The van der Waals surface area contributed by atoms with E-state index in [2.05, 4.69) is 10.4 Å². The van der Waals surface area contributed by atoms with Gasteiger partial charge in [0.25, 0.3) is 5.91 Å². The van der Waals surface area contributed by atoms with Gasteiger partial charge in [0.15, 0.2) is 0 Å². The van der Waals surface area contributed by atoms with Crippen molar-refractivity contribution in [2.24, 2.45) is 0 Å². The van der Waals surface area contributed by atoms with Crippen LogP contribution in [0.25, 0.3) is 15.3 Å². The van der Waals surface area contributed by atoms with Gasteiger partial charge in [0.2, 0.25) is 15.2 Å². The molecule has 11 heteroatoms. The van der Waals surface area contributed by atoms with Crippen molar-refractivity contribution in [3.63, 3.8) is 0 Å². The van der Waals surface area contributed by atoms with Crippen LogP contribution in [0.5, 0.6) is 0 Å². The quantitative estimate of drug-likeness (QED) is 0.218. The minimum atomic E-state index is -3.64. The van der Waals surface area contributed by atoms with Gasteiger partial charge in [-0.2, -0.15) is 14.1 Å². The molecule has 0 atom stereocenters. The lowest BCUT2D eigenvalue weighted by Gasteiger charge is -2.22. The molecule has 0 aliphatic heterocycles. The lowest BCUT2D eigenvalue weighted by atomic mass is 10.2. The maximum Gasteiger partial charge on any atom is 0.256 e. The third kappa shape index (κ3) is 5.93. The number of anilines is 1. The molecule has 8 nitrogen and oxygen atoms in total. The molecule has 0 aliphatic carbocycles. The highest BCUT2D eigenvalue weighted by molar-refractivity contribution is 7.89. The third-order valence-electron chi connectivity index (χ3n) is 6.22. The fourth-order valence-electron chi connectivity index (χ4n) is 4.05. The fraction of sp³-hybridized carbons (Fsp3) is 0.370. The maximum absolute atomic E-state index is 13.2. The van der Waals surface area contributed by atoms with Gasteiger partial charge in [-0.1, -0.05) is 55.7 Å². The smallest absolute Gasteiger partial charge is 0.256 e. The number of nitrogens with zero attached hydrogens (tertiary/aromatic N) is 4. The molecule has 202 valence electrons. The number of amides is 1. The molecule has 0 bridgehead atoms. The van der Waals surface area contributed by atoms with Crippen molar-refractivity contribution >= 4 is 54.9 Å². The van der Waals surface area contributed by atoms with Crippen LogP contribution in [-0.4, -0.2) is 46.5 Å². The van der Waals surface area contributed by atoms with Crippen LogP contribution in [0.15, 0.2) is 47.4 Å². The van der Waals surface area contributed by atoms with Crippen molar-refractivity contribution in [2.45, 2.75) is 58.3 Å².